The third-order valence-electron chi connectivity index (χ3n) is 4.72. The lowest BCUT2D eigenvalue weighted by atomic mass is 9.88. The van der Waals surface area contributed by atoms with E-state index in [0.717, 1.165) is 6.42 Å². The summed E-state index contributed by atoms with van der Waals surface area (Å²) in [6.45, 7) is 2.00. The molecule has 0 aliphatic heterocycles. The van der Waals surface area contributed by atoms with Crippen molar-refractivity contribution in [3.63, 3.8) is 0 Å². The topological polar surface area (TPSA) is 52.0 Å². The van der Waals surface area contributed by atoms with Crippen LogP contribution in [0.3, 0.4) is 0 Å². The van der Waals surface area contributed by atoms with Crippen molar-refractivity contribution in [3.05, 3.63) is 83.4 Å². The SMILES string of the molecule is C[C@H](N)c1ccc2ccccc2c1.N[C@@H]1CCCc2ccccc21. The molecular weight excluding hydrogens is 292 g/mol. The lowest BCUT2D eigenvalue weighted by Gasteiger charge is -2.21. The molecule has 0 heterocycles. The summed E-state index contributed by atoms with van der Waals surface area (Å²) >= 11 is 0. The Balaban J connectivity index is 0.000000143. The largest absolute Gasteiger partial charge is 0.324 e. The number of benzene rings is 3. The van der Waals surface area contributed by atoms with E-state index in [2.05, 4.69) is 54.6 Å². The molecule has 0 saturated heterocycles. The highest BCUT2D eigenvalue weighted by Crippen LogP contribution is 2.27. The highest BCUT2D eigenvalue weighted by Gasteiger charge is 2.14. The number of nitrogens with two attached hydrogens (primary N) is 2. The van der Waals surface area contributed by atoms with E-state index < -0.39 is 0 Å². The van der Waals surface area contributed by atoms with Crippen LogP contribution in [-0.2, 0) is 6.42 Å². The first-order chi connectivity index (χ1) is 11.6. The Morgan fingerprint density at radius 2 is 1.62 bits per heavy atom. The molecule has 1 aliphatic carbocycles. The van der Waals surface area contributed by atoms with Crippen LogP contribution in [0.1, 0.15) is 48.5 Å². The van der Waals surface area contributed by atoms with Crippen molar-refractivity contribution in [2.75, 3.05) is 0 Å². The Hall–Kier alpha value is -2.16. The zero-order chi connectivity index (χ0) is 16.9. The number of hydrogen-bond acceptors (Lipinski definition) is 2. The Morgan fingerprint density at radius 1 is 0.917 bits per heavy atom. The fourth-order valence-corrected chi connectivity index (χ4v) is 3.28. The molecule has 0 spiro atoms. The maximum atomic E-state index is 5.95. The Morgan fingerprint density at radius 3 is 2.38 bits per heavy atom. The summed E-state index contributed by atoms with van der Waals surface area (Å²) in [5.41, 5.74) is 15.8. The summed E-state index contributed by atoms with van der Waals surface area (Å²) < 4.78 is 0. The molecule has 0 bridgehead atoms. The smallest absolute Gasteiger partial charge is 0.0297 e. The van der Waals surface area contributed by atoms with Crippen molar-refractivity contribution in [2.45, 2.75) is 38.3 Å². The van der Waals surface area contributed by atoms with Gasteiger partial charge in [0.25, 0.3) is 0 Å². The minimum atomic E-state index is 0.115. The van der Waals surface area contributed by atoms with Gasteiger partial charge < -0.3 is 11.5 Å². The highest BCUT2D eigenvalue weighted by atomic mass is 14.6. The quantitative estimate of drug-likeness (QED) is 0.671. The van der Waals surface area contributed by atoms with E-state index in [9.17, 15) is 0 Å². The highest BCUT2D eigenvalue weighted by molar-refractivity contribution is 5.83. The standard InChI is InChI=1S/C12H13N.C10H13N/c1-9(13)11-7-6-10-4-2-3-5-12(10)8-11;11-10-7-3-5-8-4-1-2-6-9(8)10/h2-9H,13H2,1H3;1-2,4,6,10H,3,5,7,11H2/t9-;10-/m01/s1. The van der Waals surface area contributed by atoms with Crippen LogP contribution in [0.4, 0.5) is 0 Å². The summed E-state index contributed by atoms with van der Waals surface area (Å²) in [6, 6.07) is 23.6. The normalized spacial score (nSPS) is 17.5. The lowest BCUT2D eigenvalue weighted by molar-refractivity contribution is 0.570. The minimum Gasteiger partial charge on any atom is -0.324 e. The molecule has 3 aromatic rings. The lowest BCUT2D eigenvalue weighted by Crippen LogP contribution is -2.16. The maximum absolute atomic E-state index is 5.95. The molecule has 2 atom stereocenters. The number of aryl methyl sites for hydroxylation is 1. The molecule has 1 aliphatic rings. The molecule has 0 aromatic heterocycles. The molecule has 0 amide bonds. The maximum Gasteiger partial charge on any atom is 0.0297 e. The van der Waals surface area contributed by atoms with Crippen molar-refractivity contribution >= 4 is 10.8 Å². The summed E-state index contributed by atoms with van der Waals surface area (Å²) in [6.07, 6.45) is 3.61. The van der Waals surface area contributed by atoms with Crippen LogP contribution in [0.2, 0.25) is 0 Å². The van der Waals surface area contributed by atoms with E-state index in [1.165, 1.54) is 40.3 Å². The molecule has 24 heavy (non-hydrogen) atoms. The van der Waals surface area contributed by atoms with Gasteiger partial charge in [-0.15, -0.1) is 0 Å². The monoisotopic (exact) mass is 318 g/mol. The van der Waals surface area contributed by atoms with Gasteiger partial charge in [0.1, 0.15) is 0 Å². The second kappa shape index (κ2) is 7.61. The van der Waals surface area contributed by atoms with Gasteiger partial charge in [0, 0.05) is 12.1 Å². The summed E-state index contributed by atoms with van der Waals surface area (Å²) in [5, 5.41) is 2.53. The van der Waals surface area contributed by atoms with Gasteiger partial charge in [-0.05, 0) is 59.7 Å². The van der Waals surface area contributed by atoms with Crippen LogP contribution in [0.15, 0.2) is 66.7 Å². The van der Waals surface area contributed by atoms with Crippen molar-refractivity contribution in [1.82, 2.24) is 0 Å². The van der Waals surface area contributed by atoms with Crippen molar-refractivity contribution < 1.29 is 0 Å². The predicted molar refractivity (Wildman–Crippen MR) is 103 cm³/mol. The van der Waals surface area contributed by atoms with Crippen LogP contribution in [-0.4, -0.2) is 0 Å². The van der Waals surface area contributed by atoms with Gasteiger partial charge in [0.15, 0.2) is 0 Å². The Kier molecular flexibility index (Phi) is 5.29. The zero-order valence-corrected chi connectivity index (χ0v) is 14.3. The zero-order valence-electron chi connectivity index (χ0n) is 14.3. The predicted octanol–water partition coefficient (Wildman–Crippen LogP) is 4.88. The van der Waals surface area contributed by atoms with E-state index in [4.69, 9.17) is 11.5 Å². The first-order valence-corrected chi connectivity index (χ1v) is 8.73. The average molecular weight is 318 g/mol. The first-order valence-electron chi connectivity index (χ1n) is 8.73. The van der Waals surface area contributed by atoms with Crippen molar-refractivity contribution in [1.29, 1.82) is 0 Å². The van der Waals surface area contributed by atoms with Crippen molar-refractivity contribution in [3.8, 4) is 0 Å². The van der Waals surface area contributed by atoms with Crippen LogP contribution in [0.5, 0.6) is 0 Å². The van der Waals surface area contributed by atoms with Crippen LogP contribution in [0.25, 0.3) is 10.8 Å². The minimum absolute atomic E-state index is 0.115. The summed E-state index contributed by atoms with van der Waals surface area (Å²) in [4.78, 5) is 0. The third-order valence-corrected chi connectivity index (χ3v) is 4.72. The van der Waals surface area contributed by atoms with Gasteiger partial charge in [0.05, 0.1) is 0 Å². The summed E-state index contributed by atoms with van der Waals surface area (Å²) in [7, 11) is 0. The van der Waals surface area contributed by atoms with Gasteiger partial charge in [-0.1, -0.05) is 60.7 Å². The molecule has 2 heteroatoms. The molecule has 0 saturated carbocycles. The third kappa shape index (κ3) is 3.84. The van der Waals surface area contributed by atoms with Crippen molar-refractivity contribution in [2.24, 2.45) is 11.5 Å². The van der Waals surface area contributed by atoms with Gasteiger partial charge in [-0.2, -0.15) is 0 Å². The van der Waals surface area contributed by atoms with Gasteiger partial charge in [0.2, 0.25) is 0 Å². The fraction of sp³-hybridized carbons (Fsp3) is 0.273. The van der Waals surface area contributed by atoms with E-state index in [1.54, 1.807) is 0 Å². The molecule has 0 unspecified atom stereocenters. The fourth-order valence-electron chi connectivity index (χ4n) is 3.28. The molecule has 0 fully saturated rings. The van der Waals surface area contributed by atoms with E-state index in [1.807, 2.05) is 19.1 Å². The van der Waals surface area contributed by atoms with E-state index >= 15 is 0 Å². The Bertz CT molecular complexity index is 808. The first kappa shape index (κ1) is 16.7. The van der Waals surface area contributed by atoms with E-state index in [0.29, 0.717) is 6.04 Å². The second-order valence-electron chi connectivity index (χ2n) is 6.59. The number of fused-ring (bicyclic) bond motifs is 2. The van der Waals surface area contributed by atoms with Gasteiger partial charge >= 0.3 is 0 Å². The van der Waals surface area contributed by atoms with Crippen LogP contribution in [0, 0.1) is 0 Å². The summed E-state index contributed by atoms with van der Waals surface area (Å²) in [5.74, 6) is 0. The molecule has 2 nitrogen and oxygen atoms in total. The molecular formula is C22H26N2. The number of rotatable bonds is 1. The molecule has 4 N–H and O–H groups in total. The molecule has 4 rings (SSSR count). The molecule has 124 valence electrons. The second-order valence-corrected chi connectivity index (χ2v) is 6.59. The number of hydrogen-bond donors (Lipinski definition) is 2. The van der Waals surface area contributed by atoms with Gasteiger partial charge in [-0.3, -0.25) is 0 Å². The molecule has 0 radical (unpaired) electrons. The molecule has 3 aromatic carbocycles. The average Bonchev–Trinajstić information content (AvgIpc) is 2.62. The van der Waals surface area contributed by atoms with Crippen LogP contribution >= 0.6 is 0 Å². The van der Waals surface area contributed by atoms with Gasteiger partial charge in [-0.25, -0.2) is 0 Å². The van der Waals surface area contributed by atoms with Crippen LogP contribution < -0.4 is 11.5 Å². The Labute approximate surface area is 144 Å². The van der Waals surface area contributed by atoms with E-state index in [-0.39, 0.29) is 6.04 Å².